The highest BCUT2D eigenvalue weighted by Gasteiger charge is 2.14. The molecule has 0 atom stereocenters. The van der Waals surface area contributed by atoms with Crippen molar-refractivity contribution in [3.63, 3.8) is 0 Å². The third-order valence-corrected chi connectivity index (χ3v) is 5.42. The molecule has 0 aliphatic heterocycles. The van der Waals surface area contributed by atoms with Crippen molar-refractivity contribution < 1.29 is 4.79 Å². The van der Waals surface area contributed by atoms with Gasteiger partial charge in [0.05, 0.1) is 6.54 Å². The minimum absolute atomic E-state index is 0.00677. The maximum atomic E-state index is 12.5. The minimum Gasteiger partial charge on any atom is -0.326 e. The first kappa shape index (κ1) is 18.4. The standard InChI is InChI=1S/C22H22N4OS/c1-15-11-16(2)13-17(12-15)24-21(27)8-7-20-25-19-6-3-9-23-22(19)26(20)14-18-5-4-10-28-18/h3-6,9-13H,7-8,14H2,1-2H3,(H,24,27). The number of amides is 1. The molecular weight excluding hydrogens is 368 g/mol. The summed E-state index contributed by atoms with van der Waals surface area (Å²) in [4.78, 5) is 23.0. The highest BCUT2D eigenvalue weighted by Crippen LogP contribution is 2.20. The van der Waals surface area contributed by atoms with Crippen LogP contribution in [0, 0.1) is 13.8 Å². The zero-order valence-electron chi connectivity index (χ0n) is 16.0. The molecule has 28 heavy (non-hydrogen) atoms. The van der Waals surface area contributed by atoms with Gasteiger partial charge in [0.25, 0.3) is 0 Å². The Morgan fingerprint density at radius 2 is 1.96 bits per heavy atom. The van der Waals surface area contributed by atoms with Crippen LogP contribution in [0.25, 0.3) is 11.2 Å². The summed E-state index contributed by atoms with van der Waals surface area (Å²) in [6, 6.07) is 14.1. The molecule has 0 saturated carbocycles. The van der Waals surface area contributed by atoms with Gasteiger partial charge in [-0.1, -0.05) is 12.1 Å². The SMILES string of the molecule is Cc1cc(C)cc(NC(=O)CCc2nc3cccnc3n2Cc2cccs2)c1. The van der Waals surface area contributed by atoms with Crippen LogP contribution in [-0.2, 0) is 17.8 Å². The number of benzene rings is 1. The first-order valence-corrected chi connectivity index (χ1v) is 10.2. The quantitative estimate of drug-likeness (QED) is 0.518. The zero-order chi connectivity index (χ0) is 19.5. The average molecular weight is 391 g/mol. The number of imidazole rings is 1. The van der Waals surface area contributed by atoms with Crippen molar-refractivity contribution in [2.75, 3.05) is 5.32 Å². The largest absolute Gasteiger partial charge is 0.326 e. The number of aryl methyl sites for hydroxylation is 3. The van der Waals surface area contributed by atoms with Gasteiger partial charge < -0.3 is 9.88 Å². The molecule has 6 heteroatoms. The number of nitrogens with zero attached hydrogens (tertiary/aromatic N) is 3. The maximum absolute atomic E-state index is 12.5. The average Bonchev–Trinajstić information content (AvgIpc) is 3.28. The van der Waals surface area contributed by atoms with Gasteiger partial charge in [-0.25, -0.2) is 9.97 Å². The molecule has 0 unspecified atom stereocenters. The number of aromatic nitrogens is 3. The lowest BCUT2D eigenvalue weighted by Gasteiger charge is -2.09. The van der Waals surface area contributed by atoms with Crippen molar-refractivity contribution in [2.24, 2.45) is 0 Å². The van der Waals surface area contributed by atoms with Crippen molar-refractivity contribution in [1.29, 1.82) is 0 Å². The molecule has 4 rings (SSSR count). The van der Waals surface area contributed by atoms with Gasteiger partial charge in [0.1, 0.15) is 11.3 Å². The lowest BCUT2D eigenvalue weighted by atomic mass is 10.1. The summed E-state index contributed by atoms with van der Waals surface area (Å²) in [5.41, 5.74) is 4.85. The van der Waals surface area contributed by atoms with Gasteiger partial charge >= 0.3 is 0 Å². The molecule has 1 aromatic carbocycles. The van der Waals surface area contributed by atoms with Gasteiger partial charge in [-0.05, 0) is 60.7 Å². The van der Waals surface area contributed by atoms with E-state index in [2.05, 4.69) is 32.4 Å². The van der Waals surface area contributed by atoms with Crippen molar-refractivity contribution >= 4 is 34.1 Å². The summed E-state index contributed by atoms with van der Waals surface area (Å²) in [6.45, 7) is 4.78. The van der Waals surface area contributed by atoms with Crippen LogP contribution < -0.4 is 5.32 Å². The number of anilines is 1. The van der Waals surface area contributed by atoms with Crippen molar-refractivity contribution in [2.45, 2.75) is 33.2 Å². The Morgan fingerprint density at radius 1 is 1.14 bits per heavy atom. The number of nitrogens with one attached hydrogen (secondary N) is 1. The molecule has 0 radical (unpaired) electrons. The maximum Gasteiger partial charge on any atom is 0.224 e. The lowest BCUT2D eigenvalue weighted by molar-refractivity contribution is -0.116. The molecule has 1 amide bonds. The van der Waals surface area contributed by atoms with E-state index in [1.165, 1.54) is 4.88 Å². The van der Waals surface area contributed by atoms with Gasteiger partial charge in [-0.2, -0.15) is 0 Å². The van der Waals surface area contributed by atoms with Crippen LogP contribution in [0.5, 0.6) is 0 Å². The number of rotatable bonds is 6. The molecule has 3 aromatic heterocycles. The third-order valence-electron chi connectivity index (χ3n) is 4.56. The van der Waals surface area contributed by atoms with Gasteiger partial charge in [0, 0.05) is 29.6 Å². The monoisotopic (exact) mass is 390 g/mol. The highest BCUT2D eigenvalue weighted by molar-refractivity contribution is 7.09. The fourth-order valence-corrected chi connectivity index (χ4v) is 4.11. The Hall–Kier alpha value is -2.99. The van der Waals surface area contributed by atoms with E-state index in [0.29, 0.717) is 12.8 Å². The number of fused-ring (bicyclic) bond motifs is 1. The van der Waals surface area contributed by atoms with Crippen LogP contribution >= 0.6 is 11.3 Å². The van der Waals surface area contributed by atoms with E-state index < -0.39 is 0 Å². The normalized spacial score (nSPS) is 11.1. The third kappa shape index (κ3) is 4.12. The number of hydrogen-bond acceptors (Lipinski definition) is 4. The number of carbonyl (C=O) groups is 1. The van der Waals surface area contributed by atoms with Gasteiger partial charge in [-0.15, -0.1) is 11.3 Å². The van der Waals surface area contributed by atoms with E-state index in [-0.39, 0.29) is 5.91 Å². The second-order valence-corrected chi connectivity index (χ2v) is 8.00. The van der Waals surface area contributed by atoms with Crippen molar-refractivity contribution in [3.8, 4) is 0 Å². The van der Waals surface area contributed by atoms with E-state index in [9.17, 15) is 4.79 Å². The second-order valence-electron chi connectivity index (χ2n) is 6.96. The molecular formula is C22H22N4OS. The van der Waals surface area contributed by atoms with Crippen LogP contribution in [0.2, 0.25) is 0 Å². The van der Waals surface area contributed by atoms with Crippen molar-refractivity contribution in [1.82, 2.24) is 14.5 Å². The van der Waals surface area contributed by atoms with Crippen LogP contribution in [0.1, 0.15) is 28.2 Å². The molecule has 1 N–H and O–H groups in total. The Morgan fingerprint density at radius 3 is 2.71 bits per heavy atom. The summed E-state index contributed by atoms with van der Waals surface area (Å²) in [6.07, 6.45) is 2.73. The van der Waals surface area contributed by atoms with Crippen LogP contribution in [0.4, 0.5) is 5.69 Å². The summed E-state index contributed by atoms with van der Waals surface area (Å²) < 4.78 is 2.12. The second kappa shape index (κ2) is 7.94. The van der Waals surface area contributed by atoms with E-state index in [0.717, 1.165) is 40.3 Å². The number of hydrogen-bond donors (Lipinski definition) is 1. The smallest absolute Gasteiger partial charge is 0.224 e. The summed E-state index contributed by atoms with van der Waals surface area (Å²) >= 11 is 1.71. The van der Waals surface area contributed by atoms with Crippen LogP contribution in [-0.4, -0.2) is 20.4 Å². The first-order valence-electron chi connectivity index (χ1n) is 9.29. The van der Waals surface area contributed by atoms with Gasteiger partial charge in [-0.3, -0.25) is 4.79 Å². The van der Waals surface area contributed by atoms with E-state index in [1.54, 1.807) is 17.5 Å². The molecule has 4 aromatic rings. The van der Waals surface area contributed by atoms with Crippen molar-refractivity contribution in [3.05, 3.63) is 75.9 Å². The highest BCUT2D eigenvalue weighted by atomic mass is 32.1. The Bertz CT molecular complexity index is 1090. The zero-order valence-corrected chi connectivity index (χ0v) is 16.8. The minimum atomic E-state index is -0.00677. The molecule has 0 saturated heterocycles. The molecule has 142 valence electrons. The van der Waals surface area contributed by atoms with Gasteiger partial charge in [0.2, 0.25) is 5.91 Å². The number of thiophene rings is 1. The lowest BCUT2D eigenvalue weighted by Crippen LogP contribution is -2.14. The van der Waals surface area contributed by atoms with E-state index in [4.69, 9.17) is 4.98 Å². The molecule has 3 heterocycles. The predicted octanol–water partition coefficient (Wildman–Crippen LogP) is 4.73. The Balaban J connectivity index is 1.51. The summed E-state index contributed by atoms with van der Waals surface area (Å²) in [5.74, 6) is 0.880. The summed E-state index contributed by atoms with van der Waals surface area (Å²) in [7, 11) is 0. The fraction of sp³-hybridized carbons (Fsp3) is 0.227. The Kier molecular flexibility index (Phi) is 5.21. The summed E-state index contributed by atoms with van der Waals surface area (Å²) in [5, 5.41) is 5.07. The van der Waals surface area contributed by atoms with Gasteiger partial charge in [0.15, 0.2) is 5.65 Å². The Labute approximate surface area is 168 Å². The number of pyridine rings is 1. The molecule has 5 nitrogen and oxygen atoms in total. The predicted molar refractivity (Wildman–Crippen MR) is 114 cm³/mol. The van der Waals surface area contributed by atoms with Crippen LogP contribution in [0.3, 0.4) is 0 Å². The van der Waals surface area contributed by atoms with E-state index in [1.807, 2.05) is 44.2 Å². The van der Waals surface area contributed by atoms with Crippen LogP contribution in [0.15, 0.2) is 54.0 Å². The molecule has 0 aliphatic rings. The fourth-order valence-electron chi connectivity index (χ4n) is 3.42. The molecule has 0 fully saturated rings. The molecule has 0 bridgehead atoms. The molecule has 0 aliphatic carbocycles. The van der Waals surface area contributed by atoms with E-state index >= 15 is 0 Å². The molecule has 0 spiro atoms. The first-order chi connectivity index (χ1) is 13.6. The topological polar surface area (TPSA) is 59.8 Å². The number of carbonyl (C=O) groups excluding carboxylic acids is 1.